The number of halogens is 4. The molecule has 0 aliphatic carbocycles. The number of carbonyl (C=O) groups excluding carboxylic acids is 2. The van der Waals surface area contributed by atoms with Crippen molar-refractivity contribution in [2.75, 3.05) is 11.4 Å². The zero-order valence-corrected chi connectivity index (χ0v) is 14.8. The molecule has 8 heteroatoms. The quantitative estimate of drug-likeness (QED) is 0.848. The standard InChI is InChI=1S/C19H16ClF3N2O2/c20-15-3-1-2-4-16(15)25-11-13(9-17(25)26)18(27)24-10-12-5-7-14(8-6-12)19(21,22)23/h1-8,13H,9-11H2,(H,24,27). The van der Waals surface area contributed by atoms with Gasteiger partial charge in [0.25, 0.3) is 0 Å². The predicted molar refractivity (Wildman–Crippen MR) is 95.2 cm³/mol. The van der Waals surface area contributed by atoms with E-state index in [1.54, 1.807) is 24.3 Å². The second-order valence-corrected chi connectivity index (χ2v) is 6.68. The fraction of sp³-hybridized carbons (Fsp3) is 0.263. The molecule has 0 radical (unpaired) electrons. The molecule has 0 aromatic heterocycles. The monoisotopic (exact) mass is 396 g/mol. The van der Waals surface area contributed by atoms with Gasteiger partial charge >= 0.3 is 6.18 Å². The summed E-state index contributed by atoms with van der Waals surface area (Å²) in [7, 11) is 0. The van der Waals surface area contributed by atoms with E-state index in [2.05, 4.69) is 5.32 Å². The fourth-order valence-corrected chi connectivity index (χ4v) is 3.17. The van der Waals surface area contributed by atoms with Crippen molar-refractivity contribution in [1.29, 1.82) is 0 Å². The summed E-state index contributed by atoms with van der Waals surface area (Å²) in [6.07, 6.45) is -4.34. The highest BCUT2D eigenvalue weighted by molar-refractivity contribution is 6.33. The Morgan fingerprint density at radius 3 is 2.44 bits per heavy atom. The number of hydrogen-bond acceptors (Lipinski definition) is 2. The first-order valence-electron chi connectivity index (χ1n) is 8.24. The van der Waals surface area contributed by atoms with Gasteiger partial charge in [-0.3, -0.25) is 9.59 Å². The Hall–Kier alpha value is -2.54. The van der Waals surface area contributed by atoms with E-state index in [0.717, 1.165) is 12.1 Å². The van der Waals surface area contributed by atoms with Crippen LogP contribution < -0.4 is 10.2 Å². The number of nitrogens with zero attached hydrogens (tertiary/aromatic N) is 1. The highest BCUT2D eigenvalue weighted by atomic mass is 35.5. The van der Waals surface area contributed by atoms with Crippen molar-refractivity contribution < 1.29 is 22.8 Å². The second-order valence-electron chi connectivity index (χ2n) is 6.27. The molecule has 1 unspecified atom stereocenters. The third-order valence-corrected chi connectivity index (χ3v) is 4.71. The molecule has 0 spiro atoms. The maximum absolute atomic E-state index is 12.6. The molecule has 27 heavy (non-hydrogen) atoms. The molecule has 2 amide bonds. The van der Waals surface area contributed by atoms with Gasteiger partial charge < -0.3 is 10.2 Å². The molecule has 1 N–H and O–H groups in total. The Labute approximate surface area is 158 Å². The SMILES string of the molecule is O=C(NCc1ccc(C(F)(F)F)cc1)C1CC(=O)N(c2ccccc2Cl)C1. The van der Waals surface area contributed by atoms with Gasteiger partial charge in [0.1, 0.15) is 0 Å². The topological polar surface area (TPSA) is 49.4 Å². The number of benzene rings is 2. The van der Waals surface area contributed by atoms with Crippen LogP contribution in [0.3, 0.4) is 0 Å². The lowest BCUT2D eigenvalue weighted by molar-refractivity contribution is -0.137. The van der Waals surface area contributed by atoms with E-state index in [4.69, 9.17) is 11.6 Å². The largest absolute Gasteiger partial charge is 0.416 e. The molecule has 4 nitrogen and oxygen atoms in total. The van der Waals surface area contributed by atoms with Crippen LogP contribution >= 0.6 is 11.6 Å². The van der Waals surface area contributed by atoms with E-state index in [1.807, 2.05) is 0 Å². The summed E-state index contributed by atoms with van der Waals surface area (Å²) in [5, 5.41) is 3.10. The van der Waals surface area contributed by atoms with Gasteiger partial charge in [-0.2, -0.15) is 13.2 Å². The van der Waals surface area contributed by atoms with Crippen LogP contribution in [-0.2, 0) is 22.3 Å². The number of alkyl halides is 3. The summed E-state index contributed by atoms with van der Waals surface area (Å²) >= 11 is 6.11. The number of nitrogens with one attached hydrogen (secondary N) is 1. The van der Waals surface area contributed by atoms with E-state index in [9.17, 15) is 22.8 Å². The number of anilines is 1. The first-order chi connectivity index (χ1) is 12.8. The summed E-state index contributed by atoms with van der Waals surface area (Å²) < 4.78 is 37.7. The zero-order valence-electron chi connectivity index (χ0n) is 14.1. The number of para-hydroxylation sites is 1. The number of amides is 2. The first kappa shape index (κ1) is 19.2. The van der Waals surface area contributed by atoms with E-state index in [-0.39, 0.29) is 31.3 Å². The van der Waals surface area contributed by atoms with Crippen molar-refractivity contribution in [2.24, 2.45) is 5.92 Å². The van der Waals surface area contributed by atoms with Crippen LogP contribution in [-0.4, -0.2) is 18.4 Å². The number of rotatable bonds is 4. The van der Waals surface area contributed by atoms with Gasteiger partial charge in [0.2, 0.25) is 11.8 Å². The summed E-state index contributed by atoms with van der Waals surface area (Å²) in [6.45, 7) is 0.301. The molecule has 1 atom stereocenters. The zero-order chi connectivity index (χ0) is 19.6. The van der Waals surface area contributed by atoms with E-state index < -0.39 is 17.7 Å². The maximum Gasteiger partial charge on any atom is 0.416 e. The minimum absolute atomic E-state index is 0.0596. The molecule has 1 fully saturated rings. The van der Waals surface area contributed by atoms with Gasteiger partial charge in [-0.05, 0) is 29.8 Å². The summed E-state index contributed by atoms with van der Waals surface area (Å²) in [4.78, 5) is 26.1. The van der Waals surface area contributed by atoms with Crippen LogP contribution in [0.4, 0.5) is 18.9 Å². The van der Waals surface area contributed by atoms with Gasteiger partial charge in [-0.15, -0.1) is 0 Å². The van der Waals surface area contributed by atoms with Crippen molar-refractivity contribution in [1.82, 2.24) is 5.32 Å². The van der Waals surface area contributed by atoms with E-state index >= 15 is 0 Å². The third-order valence-electron chi connectivity index (χ3n) is 4.39. The van der Waals surface area contributed by atoms with Gasteiger partial charge in [-0.1, -0.05) is 35.9 Å². The fourth-order valence-electron chi connectivity index (χ4n) is 2.93. The average Bonchev–Trinajstić information content (AvgIpc) is 3.01. The molecule has 1 aliphatic rings. The molecule has 2 aromatic rings. The highest BCUT2D eigenvalue weighted by Crippen LogP contribution is 2.31. The molecule has 0 saturated carbocycles. The smallest absolute Gasteiger partial charge is 0.352 e. The van der Waals surface area contributed by atoms with Crippen molar-refractivity contribution in [3.05, 3.63) is 64.7 Å². The minimum atomic E-state index is -4.39. The lowest BCUT2D eigenvalue weighted by Gasteiger charge is -2.18. The van der Waals surface area contributed by atoms with E-state index in [1.165, 1.54) is 17.0 Å². The van der Waals surface area contributed by atoms with Gasteiger partial charge in [0, 0.05) is 19.5 Å². The van der Waals surface area contributed by atoms with Crippen molar-refractivity contribution >= 4 is 29.1 Å². The molecular formula is C19H16ClF3N2O2. The Kier molecular flexibility index (Phi) is 5.41. The van der Waals surface area contributed by atoms with Crippen molar-refractivity contribution in [3.8, 4) is 0 Å². The van der Waals surface area contributed by atoms with Crippen LogP contribution in [0.5, 0.6) is 0 Å². The van der Waals surface area contributed by atoms with Gasteiger partial charge in [0.15, 0.2) is 0 Å². The Morgan fingerprint density at radius 2 is 1.81 bits per heavy atom. The van der Waals surface area contributed by atoms with Crippen LogP contribution in [0, 0.1) is 5.92 Å². The molecule has 1 heterocycles. The minimum Gasteiger partial charge on any atom is -0.352 e. The Balaban J connectivity index is 1.59. The Morgan fingerprint density at radius 1 is 1.15 bits per heavy atom. The van der Waals surface area contributed by atoms with Gasteiger partial charge in [-0.25, -0.2) is 0 Å². The first-order valence-corrected chi connectivity index (χ1v) is 8.62. The lowest BCUT2D eigenvalue weighted by Crippen LogP contribution is -2.32. The molecule has 1 aliphatic heterocycles. The Bertz CT molecular complexity index is 853. The second kappa shape index (κ2) is 7.60. The average molecular weight is 397 g/mol. The predicted octanol–water partition coefficient (Wildman–Crippen LogP) is 4.03. The van der Waals surface area contributed by atoms with E-state index in [0.29, 0.717) is 16.3 Å². The third kappa shape index (κ3) is 4.42. The van der Waals surface area contributed by atoms with Crippen LogP contribution in [0.2, 0.25) is 5.02 Å². The van der Waals surface area contributed by atoms with Gasteiger partial charge in [0.05, 0.1) is 22.2 Å². The normalized spacial score (nSPS) is 17.3. The molecule has 2 aromatic carbocycles. The molecule has 0 bridgehead atoms. The van der Waals surface area contributed by atoms with Crippen LogP contribution in [0.1, 0.15) is 17.5 Å². The summed E-state index contributed by atoms with van der Waals surface area (Å²) in [5.74, 6) is -1.06. The molecular weight excluding hydrogens is 381 g/mol. The molecule has 142 valence electrons. The number of carbonyl (C=O) groups is 2. The van der Waals surface area contributed by atoms with Crippen LogP contribution in [0.15, 0.2) is 48.5 Å². The summed E-state index contributed by atoms with van der Waals surface area (Å²) in [6, 6.07) is 11.5. The lowest BCUT2D eigenvalue weighted by atomic mass is 10.1. The molecule has 3 rings (SSSR count). The highest BCUT2D eigenvalue weighted by Gasteiger charge is 2.35. The van der Waals surface area contributed by atoms with Crippen LogP contribution in [0.25, 0.3) is 0 Å². The van der Waals surface area contributed by atoms with Crippen molar-refractivity contribution in [2.45, 2.75) is 19.1 Å². The summed E-state index contributed by atoms with van der Waals surface area (Å²) in [5.41, 5.74) is 0.361. The molecule has 1 saturated heterocycles. The number of hydrogen-bond donors (Lipinski definition) is 1. The maximum atomic E-state index is 12.6. The van der Waals surface area contributed by atoms with Crippen molar-refractivity contribution in [3.63, 3.8) is 0 Å².